The van der Waals surface area contributed by atoms with Gasteiger partial charge in [0.15, 0.2) is 6.29 Å². The summed E-state index contributed by atoms with van der Waals surface area (Å²) in [6.45, 7) is 2.72. The Hall–Kier alpha value is -1.14. The second kappa shape index (κ2) is 6.56. The molecule has 98 valence electrons. The highest BCUT2D eigenvalue weighted by Gasteiger charge is 2.34. The maximum atomic E-state index is 10.9. The summed E-state index contributed by atoms with van der Waals surface area (Å²) < 4.78 is 20.6. The lowest BCUT2D eigenvalue weighted by Crippen LogP contribution is -2.44. The molecule has 1 unspecified atom stereocenters. The van der Waals surface area contributed by atoms with E-state index in [1.807, 2.05) is 0 Å². The van der Waals surface area contributed by atoms with E-state index in [-0.39, 0.29) is 18.9 Å². The van der Waals surface area contributed by atoms with E-state index in [0.29, 0.717) is 12.8 Å². The summed E-state index contributed by atoms with van der Waals surface area (Å²) in [7, 11) is 1.54. The topological polar surface area (TPSA) is 71.1 Å². The Morgan fingerprint density at radius 2 is 1.94 bits per heavy atom. The molecule has 17 heavy (non-hydrogen) atoms. The molecule has 3 atom stereocenters. The maximum absolute atomic E-state index is 10.9. The number of carbonyl (C=O) groups is 2. The summed E-state index contributed by atoms with van der Waals surface area (Å²) in [5.74, 6) is -0.767. The third-order valence-electron chi connectivity index (χ3n) is 2.46. The minimum Gasteiger partial charge on any atom is -0.463 e. The Morgan fingerprint density at radius 3 is 2.47 bits per heavy atom. The predicted octanol–water partition coefficient (Wildman–Crippen LogP) is 0.633. The van der Waals surface area contributed by atoms with Crippen LogP contribution in [0.25, 0.3) is 0 Å². The maximum Gasteiger partial charge on any atom is 0.302 e. The Labute approximate surface area is 100 Å². The first kappa shape index (κ1) is 13.9. The molecule has 6 heteroatoms. The number of hydrogen-bond donors (Lipinski definition) is 0. The van der Waals surface area contributed by atoms with Gasteiger partial charge in [0.1, 0.15) is 18.8 Å². The molecule has 0 amide bonds. The fourth-order valence-electron chi connectivity index (χ4n) is 1.70. The quantitative estimate of drug-likeness (QED) is 0.678. The lowest BCUT2D eigenvalue weighted by Gasteiger charge is -2.34. The third kappa shape index (κ3) is 4.70. The van der Waals surface area contributed by atoms with Crippen molar-refractivity contribution in [2.75, 3.05) is 13.7 Å². The van der Waals surface area contributed by atoms with Gasteiger partial charge in [0.05, 0.1) is 0 Å². The summed E-state index contributed by atoms with van der Waals surface area (Å²) in [5.41, 5.74) is 0. The average Bonchev–Trinajstić information content (AvgIpc) is 2.27. The van der Waals surface area contributed by atoms with Crippen molar-refractivity contribution in [1.29, 1.82) is 0 Å². The number of methoxy groups -OCH3 is 1. The Kier molecular flexibility index (Phi) is 5.37. The number of ether oxygens (including phenoxy) is 4. The zero-order chi connectivity index (χ0) is 12.8. The van der Waals surface area contributed by atoms with Crippen molar-refractivity contribution in [3.05, 3.63) is 0 Å². The molecule has 0 aromatic heterocycles. The Morgan fingerprint density at radius 1 is 1.24 bits per heavy atom. The van der Waals surface area contributed by atoms with Crippen LogP contribution in [0.1, 0.15) is 26.7 Å². The van der Waals surface area contributed by atoms with Gasteiger partial charge < -0.3 is 18.9 Å². The SMILES string of the molecule is COC1CC[C@H](OC(C)=O)[C@@H](COC(C)=O)O1. The third-order valence-corrected chi connectivity index (χ3v) is 2.46. The molecular weight excluding hydrogens is 228 g/mol. The number of hydrogen-bond acceptors (Lipinski definition) is 6. The van der Waals surface area contributed by atoms with Crippen LogP contribution >= 0.6 is 0 Å². The second-order valence-electron chi connectivity index (χ2n) is 3.87. The van der Waals surface area contributed by atoms with Crippen LogP contribution in [0.15, 0.2) is 0 Å². The summed E-state index contributed by atoms with van der Waals surface area (Å²) in [5, 5.41) is 0. The van der Waals surface area contributed by atoms with Gasteiger partial charge >= 0.3 is 11.9 Å². The molecule has 0 saturated carbocycles. The average molecular weight is 246 g/mol. The molecule has 0 aliphatic carbocycles. The number of carbonyl (C=O) groups excluding carboxylic acids is 2. The van der Waals surface area contributed by atoms with E-state index in [2.05, 4.69) is 0 Å². The van der Waals surface area contributed by atoms with Crippen LogP contribution < -0.4 is 0 Å². The van der Waals surface area contributed by atoms with Gasteiger partial charge in [-0.15, -0.1) is 0 Å². The molecule has 1 heterocycles. The Bertz CT molecular complexity index is 277. The number of esters is 2. The van der Waals surface area contributed by atoms with Crippen molar-refractivity contribution in [1.82, 2.24) is 0 Å². The minimum absolute atomic E-state index is 0.0626. The van der Waals surface area contributed by atoms with Gasteiger partial charge in [0, 0.05) is 27.4 Å². The molecule has 0 N–H and O–H groups in total. The summed E-state index contributed by atoms with van der Waals surface area (Å²) in [6.07, 6.45) is 0.0665. The largest absolute Gasteiger partial charge is 0.463 e. The van der Waals surface area contributed by atoms with Gasteiger partial charge in [0.2, 0.25) is 0 Å². The highest BCUT2D eigenvalue weighted by molar-refractivity contribution is 5.66. The van der Waals surface area contributed by atoms with Gasteiger partial charge in [-0.25, -0.2) is 0 Å². The fraction of sp³-hybridized carbons (Fsp3) is 0.818. The van der Waals surface area contributed by atoms with Crippen molar-refractivity contribution in [3.8, 4) is 0 Å². The van der Waals surface area contributed by atoms with Crippen LogP contribution in [0.5, 0.6) is 0 Å². The molecule has 6 nitrogen and oxygen atoms in total. The molecule has 0 bridgehead atoms. The van der Waals surface area contributed by atoms with E-state index in [4.69, 9.17) is 18.9 Å². The molecule has 0 aromatic rings. The first-order valence-electron chi connectivity index (χ1n) is 5.51. The second-order valence-corrected chi connectivity index (χ2v) is 3.87. The molecule has 1 fully saturated rings. The summed E-state index contributed by atoms with van der Waals surface area (Å²) >= 11 is 0. The predicted molar refractivity (Wildman–Crippen MR) is 57.1 cm³/mol. The van der Waals surface area contributed by atoms with Crippen molar-refractivity contribution >= 4 is 11.9 Å². The van der Waals surface area contributed by atoms with Crippen LogP contribution in [-0.4, -0.2) is 44.2 Å². The summed E-state index contributed by atoms with van der Waals surface area (Å²) in [4.78, 5) is 21.7. The van der Waals surface area contributed by atoms with E-state index in [9.17, 15) is 9.59 Å². The first-order chi connectivity index (χ1) is 8.02. The molecule has 1 aliphatic rings. The van der Waals surface area contributed by atoms with Gasteiger partial charge in [-0.2, -0.15) is 0 Å². The van der Waals surface area contributed by atoms with Crippen LogP contribution in [0.4, 0.5) is 0 Å². The van der Waals surface area contributed by atoms with E-state index >= 15 is 0 Å². The molecular formula is C11H18O6. The molecule has 1 aliphatic heterocycles. The monoisotopic (exact) mass is 246 g/mol. The zero-order valence-corrected chi connectivity index (χ0v) is 10.3. The van der Waals surface area contributed by atoms with Crippen LogP contribution in [0, 0.1) is 0 Å². The highest BCUT2D eigenvalue weighted by Crippen LogP contribution is 2.23. The van der Waals surface area contributed by atoms with Crippen molar-refractivity contribution in [2.45, 2.75) is 45.2 Å². The standard InChI is InChI=1S/C11H18O6/c1-7(12)15-6-10-9(16-8(2)13)4-5-11(14-3)17-10/h9-11H,4-6H2,1-3H3/t9-,10+,11?/m0/s1. The van der Waals surface area contributed by atoms with Crippen LogP contribution in [-0.2, 0) is 28.5 Å². The first-order valence-corrected chi connectivity index (χ1v) is 5.51. The Balaban J connectivity index is 2.54. The normalized spacial score (nSPS) is 28.5. The molecule has 0 spiro atoms. The lowest BCUT2D eigenvalue weighted by molar-refractivity contribution is -0.229. The van der Waals surface area contributed by atoms with Crippen molar-refractivity contribution < 1.29 is 28.5 Å². The van der Waals surface area contributed by atoms with Crippen molar-refractivity contribution in [2.24, 2.45) is 0 Å². The molecule has 0 aromatic carbocycles. The smallest absolute Gasteiger partial charge is 0.302 e. The molecule has 1 saturated heterocycles. The fourth-order valence-corrected chi connectivity index (χ4v) is 1.70. The highest BCUT2D eigenvalue weighted by atomic mass is 16.7. The van der Waals surface area contributed by atoms with E-state index in [1.54, 1.807) is 7.11 Å². The van der Waals surface area contributed by atoms with E-state index in [1.165, 1.54) is 13.8 Å². The summed E-state index contributed by atoms with van der Waals surface area (Å²) in [6, 6.07) is 0. The van der Waals surface area contributed by atoms with Gasteiger partial charge in [-0.05, 0) is 6.42 Å². The number of rotatable bonds is 4. The van der Waals surface area contributed by atoms with Crippen LogP contribution in [0.2, 0.25) is 0 Å². The van der Waals surface area contributed by atoms with E-state index in [0.717, 1.165) is 0 Å². The van der Waals surface area contributed by atoms with Crippen molar-refractivity contribution in [3.63, 3.8) is 0 Å². The minimum atomic E-state index is -0.471. The van der Waals surface area contributed by atoms with Gasteiger partial charge in [0.25, 0.3) is 0 Å². The van der Waals surface area contributed by atoms with E-state index < -0.39 is 18.2 Å². The zero-order valence-electron chi connectivity index (χ0n) is 10.3. The van der Waals surface area contributed by atoms with Gasteiger partial charge in [-0.3, -0.25) is 9.59 Å². The van der Waals surface area contributed by atoms with Crippen LogP contribution in [0.3, 0.4) is 0 Å². The molecule has 0 radical (unpaired) electrons. The van der Waals surface area contributed by atoms with Gasteiger partial charge in [-0.1, -0.05) is 0 Å². The lowest BCUT2D eigenvalue weighted by atomic mass is 10.1. The molecule has 1 rings (SSSR count).